The molecule has 4 heteroatoms. The lowest BCUT2D eigenvalue weighted by Crippen LogP contribution is -2.33. The fraction of sp³-hybridized carbons (Fsp3) is 0.500. The third-order valence-corrected chi connectivity index (χ3v) is 3.24. The van der Waals surface area contributed by atoms with E-state index in [1.807, 2.05) is 6.07 Å². The molecule has 0 unspecified atom stereocenters. The van der Waals surface area contributed by atoms with Gasteiger partial charge in [0, 0.05) is 26.7 Å². The zero-order valence-electron chi connectivity index (χ0n) is 11.5. The van der Waals surface area contributed by atoms with Crippen LogP contribution in [0.1, 0.15) is 13.8 Å². The third kappa shape index (κ3) is 2.48. The lowest BCUT2D eigenvalue weighted by atomic mass is 10.3. The average Bonchev–Trinajstić information content (AvgIpc) is 2.73. The summed E-state index contributed by atoms with van der Waals surface area (Å²) in [6, 6.07) is 8.28. The number of imidazole rings is 1. The maximum Gasteiger partial charge on any atom is 0.206 e. The van der Waals surface area contributed by atoms with Crippen molar-refractivity contribution in [1.82, 2.24) is 14.9 Å². The molecule has 0 radical (unpaired) electrons. The number of hydrogen-bond acceptors (Lipinski definition) is 3. The Bertz CT molecular complexity index is 503. The van der Waals surface area contributed by atoms with Gasteiger partial charge >= 0.3 is 0 Å². The van der Waals surface area contributed by atoms with Crippen LogP contribution in [0.5, 0.6) is 0 Å². The van der Waals surface area contributed by atoms with E-state index in [9.17, 15) is 0 Å². The van der Waals surface area contributed by atoms with Crippen LogP contribution in [0.25, 0.3) is 11.0 Å². The molecule has 0 fully saturated rings. The molecule has 0 aliphatic heterocycles. The molecule has 1 N–H and O–H groups in total. The summed E-state index contributed by atoms with van der Waals surface area (Å²) in [5.41, 5.74) is 2.26. The van der Waals surface area contributed by atoms with E-state index in [-0.39, 0.29) is 0 Å². The molecule has 4 nitrogen and oxygen atoms in total. The average molecular weight is 246 g/mol. The number of para-hydroxylation sites is 2. The topological polar surface area (TPSA) is 33.1 Å². The molecule has 0 atom stereocenters. The van der Waals surface area contributed by atoms with Crippen molar-refractivity contribution in [3.63, 3.8) is 0 Å². The van der Waals surface area contributed by atoms with Crippen molar-refractivity contribution in [2.75, 3.05) is 31.1 Å². The third-order valence-electron chi connectivity index (χ3n) is 3.24. The van der Waals surface area contributed by atoms with Crippen LogP contribution in [0.15, 0.2) is 24.3 Å². The summed E-state index contributed by atoms with van der Waals surface area (Å²) in [5, 5.41) is 3.36. The molecule has 1 heterocycles. The van der Waals surface area contributed by atoms with Gasteiger partial charge in [-0.05, 0) is 25.6 Å². The molecule has 0 amide bonds. The van der Waals surface area contributed by atoms with Crippen LogP contribution in [0, 0.1) is 0 Å². The molecule has 0 bridgehead atoms. The van der Waals surface area contributed by atoms with E-state index in [1.165, 1.54) is 5.52 Å². The zero-order valence-corrected chi connectivity index (χ0v) is 11.5. The number of fused-ring (bicyclic) bond motifs is 1. The van der Waals surface area contributed by atoms with Gasteiger partial charge in [-0.3, -0.25) is 0 Å². The monoisotopic (exact) mass is 246 g/mol. The number of nitrogens with one attached hydrogen (secondary N) is 1. The normalized spacial score (nSPS) is 11.1. The fourth-order valence-electron chi connectivity index (χ4n) is 2.21. The van der Waals surface area contributed by atoms with Crippen LogP contribution < -0.4 is 10.2 Å². The Balaban J connectivity index is 2.24. The van der Waals surface area contributed by atoms with Crippen LogP contribution in [0.4, 0.5) is 5.95 Å². The van der Waals surface area contributed by atoms with Crippen molar-refractivity contribution in [1.29, 1.82) is 0 Å². The second-order valence-corrected chi connectivity index (χ2v) is 4.39. The number of rotatable bonds is 6. The summed E-state index contributed by atoms with van der Waals surface area (Å²) in [7, 11) is 2.08. The maximum absolute atomic E-state index is 4.72. The SMILES string of the molecule is CCNCCN(CC)c1nc2ccccc2n1C. The first-order chi connectivity index (χ1) is 8.77. The summed E-state index contributed by atoms with van der Waals surface area (Å²) in [4.78, 5) is 7.03. The predicted octanol–water partition coefficient (Wildman–Crippen LogP) is 2.01. The largest absolute Gasteiger partial charge is 0.341 e. The van der Waals surface area contributed by atoms with Crippen molar-refractivity contribution < 1.29 is 0 Å². The molecule has 0 spiro atoms. The molecule has 0 saturated carbocycles. The minimum absolute atomic E-state index is 0.975. The van der Waals surface area contributed by atoms with Crippen LogP contribution in [-0.2, 0) is 7.05 Å². The van der Waals surface area contributed by atoms with Gasteiger partial charge in [0.1, 0.15) is 0 Å². The Morgan fingerprint density at radius 2 is 2.06 bits per heavy atom. The molecule has 98 valence electrons. The summed E-state index contributed by atoms with van der Waals surface area (Å²) < 4.78 is 2.17. The van der Waals surface area contributed by atoms with E-state index >= 15 is 0 Å². The Morgan fingerprint density at radius 3 is 2.72 bits per heavy atom. The highest BCUT2D eigenvalue weighted by Crippen LogP contribution is 2.20. The van der Waals surface area contributed by atoms with Crippen molar-refractivity contribution in [3.05, 3.63) is 24.3 Å². The highest BCUT2D eigenvalue weighted by Gasteiger charge is 2.12. The Hall–Kier alpha value is -1.55. The molecular formula is C14H22N4. The number of benzene rings is 1. The van der Waals surface area contributed by atoms with Gasteiger partial charge in [-0.15, -0.1) is 0 Å². The van der Waals surface area contributed by atoms with Gasteiger partial charge in [0.15, 0.2) is 0 Å². The van der Waals surface area contributed by atoms with E-state index in [0.29, 0.717) is 0 Å². The summed E-state index contributed by atoms with van der Waals surface area (Å²) in [6.07, 6.45) is 0. The Labute approximate surface area is 109 Å². The van der Waals surface area contributed by atoms with Gasteiger partial charge in [0.2, 0.25) is 5.95 Å². The van der Waals surface area contributed by atoms with Gasteiger partial charge in [-0.25, -0.2) is 4.98 Å². The van der Waals surface area contributed by atoms with Crippen molar-refractivity contribution >= 4 is 17.0 Å². The molecule has 0 saturated heterocycles. The number of aryl methyl sites for hydroxylation is 1. The molecule has 0 aliphatic rings. The highest BCUT2D eigenvalue weighted by atomic mass is 15.3. The lowest BCUT2D eigenvalue weighted by molar-refractivity contribution is 0.671. The molecule has 18 heavy (non-hydrogen) atoms. The molecular weight excluding hydrogens is 224 g/mol. The highest BCUT2D eigenvalue weighted by molar-refractivity contribution is 5.78. The number of hydrogen-bond donors (Lipinski definition) is 1. The van der Waals surface area contributed by atoms with E-state index in [1.54, 1.807) is 0 Å². The summed E-state index contributed by atoms with van der Waals surface area (Å²) in [5.74, 6) is 1.05. The second-order valence-electron chi connectivity index (χ2n) is 4.39. The summed E-state index contributed by atoms with van der Waals surface area (Å²) >= 11 is 0. The first kappa shape index (κ1) is 12.9. The quantitative estimate of drug-likeness (QED) is 0.792. The van der Waals surface area contributed by atoms with E-state index in [4.69, 9.17) is 4.98 Å². The predicted molar refractivity (Wildman–Crippen MR) is 77.1 cm³/mol. The van der Waals surface area contributed by atoms with Gasteiger partial charge in [0.25, 0.3) is 0 Å². The van der Waals surface area contributed by atoms with Crippen LogP contribution >= 0.6 is 0 Å². The Morgan fingerprint density at radius 1 is 1.28 bits per heavy atom. The standard InChI is InChI=1S/C14H22N4/c1-4-15-10-11-18(5-2)14-16-12-8-6-7-9-13(12)17(14)3/h6-9,15H,4-5,10-11H2,1-3H3. The van der Waals surface area contributed by atoms with Crippen molar-refractivity contribution in [3.8, 4) is 0 Å². The first-order valence-corrected chi connectivity index (χ1v) is 6.65. The smallest absolute Gasteiger partial charge is 0.206 e. The number of likely N-dealkylation sites (N-methyl/N-ethyl adjacent to an activating group) is 2. The van der Waals surface area contributed by atoms with Crippen LogP contribution in [-0.4, -0.2) is 35.7 Å². The first-order valence-electron chi connectivity index (χ1n) is 6.65. The molecule has 2 aromatic rings. The minimum Gasteiger partial charge on any atom is -0.341 e. The number of aromatic nitrogens is 2. The van der Waals surface area contributed by atoms with Gasteiger partial charge in [0.05, 0.1) is 11.0 Å². The van der Waals surface area contributed by atoms with E-state index in [0.717, 1.165) is 37.6 Å². The molecule has 0 aliphatic carbocycles. The number of anilines is 1. The molecule has 1 aromatic carbocycles. The van der Waals surface area contributed by atoms with E-state index < -0.39 is 0 Å². The number of nitrogens with zero attached hydrogens (tertiary/aromatic N) is 3. The Kier molecular flexibility index (Phi) is 4.20. The van der Waals surface area contributed by atoms with Gasteiger partial charge in [-0.2, -0.15) is 0 Å². The van der Waals surface area contributed by atoms with Crippen LogP contribution in [0.2, 0.25) is 0 Å². The lowest BCUT2D eigenvalue weighted by Gasteiger charge is -2.21. The minimum atomic E-state index is 0.975. The fourth-order valence-corrected chi connectivity index (χ4v) is 2.21. The van der Waals surface area contributed by atoms with Gasteiger partial charge < -0.3 is 14.8 Å². The molecule has 2 rings (SSSR count). The maximum atomic E-state index is 4.72. The zero-order chi connectivity index (χ0) is 13.0. The van der Waals surface area contributed by atoms with E-state index in [2.05, 4.69) is 53.9 Å². The van der Waals surface area contributed by atoms with Crippen molar-refractivity contribution in [2.24, 2.45) is 7.05 Å². The summed E-state index contributed by atoms with van der Waals surface area (Å²) in [6.45, 7) is 8.27. The van der Waals surface area contributed by atoms with Crippen molar-refractivity contribution in [2.45, 2.75) is 13.8 Å². The molecule has 1 aromatic heterocycles. The van der Waals surface area contributed by atoms with Crippen LogP contribution in [0.3, 0.4) is 0 Å². The van der Waals surface area contributed by atoms with Gasteiger partial charge in [-0.1, -0.05) is 19.1 Å². The second kappa shape index (κ2) is 5.87.